The highest BCUT2D eigenvalue weighted by atomic mass is 19.4. The van der Waals surface area contributed by atoms with Crippen molar-refractivity contribution in [2.45, 2.75) is 26.4 Å². The summed E-state index contributed by atoms with van der Waals surface area (Å²) in [6, 6.07) is 6.92. The number of halogens is 3. The summed E-state index contributed by atoms with van der Waals surface area (Å²) in [4.78, 5) is 0. The van der Waals surface area contributed by atoms with Crippen LogP contribution in [0, 0.1) is 6.92 Å². The lowest BCUT2D eigenvalue weighted by atomic mass is 10.0. The van der Waals surface area contributed by atoms with Gasteiger partial charge in [-0.3, -0.25) is 0 Å². The van der Waals surface area contributed by atoms with Gasteiger partial charge in [0.15, 0.2) is 0 Å². The van der Waals surface area contributed by atoms with Crippen LogP contribution in [0.2, 0.25) is 0 Å². The highest BCUT2D eigenvalue weighted by Crippen LogP contribution is 2.31. The molecule has 0 radical (unpaired) electrons. The molecule has 0 amide bonds. The average molecular weight is 266 g/mol. The molecular weight excluding hydrogens is 253 g/mol. The number of alkyl halides is 3. The van der Waals surface area contributed by atoms with Crippen LogP contribution in [0.3, 0.4) is 0 Å². The molecule has 1 heterocycles. The maximum Gasteiger partial charge on any atom is 0.416 e. The highest BCUT2D eigenvalue weighted by molar-refractivity contribution is 5.60. The third-order valence-corrected chi connectivity index (χ3v) is 2.95. The Hall–Kier alpha value is -1.91. The van der Waals surface area contributed by atoms with Crippen molar-refractivity contribution in [3.63, 3.8) is 0 Å². The first-order valence-electron chi connectivity index (χ1n) is 5.92. The number of rotatable bonds is 2. The number of hydrogen-bond acceptors (Lipinski definition) is 2. The third kappa shape index (κ3) is 2.92. The van der Waals surface area contributed by atoms with E-state index in [2.05, 4.69) is 10.2 Å². The Kier molecular flexibility index (Phi) is 3.55. The van der Waals surface area contributed by atoms with Crippen LogP contribution in [-0.4, -0.2) is 10.2 Å². The van der Waals surface area contributed by atoms with Crippen LogP contribution in [-0.2, 0) is 12.6 Å². The van der Waals surface area contributed by atoms with Crippen LogP contribution in [0.1, 0.15) is 23.7 Å². The molecule has 0 aliphatic rings. The Labute approximate surface area is 109 Å². The van der Waals surface area contributed by atoms with Crippen molar-refractivity contribution in [2.75, 3.05) is 0 Å². The highest BCUT2D eigenvalue weighted by Gasteiger charge is 2.30. The summed E-state index contributed by atoms with van der Waals surface area (Å²) in [6.45, 7) is 3.81. The van der Waals surface area contributed by atoms with E-state index in [1.54, 1.807) is 12.1 Å². The first kappa shape index (κ1) is 13.5. The number of aromatic nitrogens is 2. The summed E-state index contributed by atoms with van der Waals surface area (Å²) in [5, 5.41) is 7.95. The van der Waals surface area contributed by atoms with Crippen molar-refractivity contribution in [3.8, 4) is 11.3 Å². The molecule has 19 heavy (non-hydrogen) atoms. The van der Waals surface area contributed by atoms with Crippen LogP contribution in [0.5, 0.6) is 0 Å². The van der Waals surface area contributed by atoms with Gasteiger partial charge in [0, 0.05) is 5.56 Å². The molecule has 0 saturated heterocycles. The quantitative estimate of drug-likeness (QED) is 0.820. The van der Waals surface area contributed by atoms with Gasteiger partial charge in [-0.2, -0.15) is 23.4 Å². The summed E-state index contributed by atoms with van der Waals surface area (Å²) in [5.41, 5.74) is 2.01. The second-order valence-corrected chi connectivity index (χ2v) is 4.27. The largest absolute Gasteiger partial charge is 0.416 e. The van der Waals surface area contributed by atoms with Crippen molar-refractivity contribution in [3.05, 3.63) is 47.2 Å². The van der Waals surface area contributed by atoms with Gasteiger partial charge in [-0.1, -0.05) is 19.1 Å². The summed E-state index contributed by atoms with van der Waals surface area (Å²) in [5.74, 6) is 0. The van der Waals surface area contributed by atoms with Crippen LogP contribution in [0.4, 0.5) is 13.2 Å². The van der Waals surface area contributed by atoms with Crippen molar-refractivity contribution in [1.29, 1.82) is 0 Å². The second kappa shape index (κ2) is 4.99. The predicted molar refractivity (Wildman–Crippen MR) is 66.6 cm³/mol. The molecule has 2 nitrogen and oxygen atoms in total. The minimum Gasteiger partial charge on any atom is -0.166 e. The van der Waals surface area contributed by atoms with E-state index in [4.69, 9.17) is 0 Å². The van der Waals surface area contributed by atoms with Gasteiger partial charge in [0.1, 0.15) is 0 Å². The fourth-order valence-corrected chi connectivity index (χ4v) is 1.85. The zero-order valence-electron chi connectivity index (χ0n) is 10.6. The first-order chi connectivity index (χ1) is 8.91. The molecule has 1 aromatic heterocycles. The Bertz CT molecular complexity index is 591. The Morgan fingerprint density at radius 2 is 1.84 bits per heavy atom. The lowest BCUT2D eigenvalue weighted by Gasteiger charge is -2.09. The number of benzene rings is 1. The van der Waals surface area contributed by atoms with Gasteiger partial charge in [0.05, 0.1) is 17.0 Å². The van der Waals surface area contributed by atoms with Crippen molar-refractivity contribution in [1.82, 2.24) is 10.2 Å². The molecule has 0 atom stereocenters. The number of aryl methyl sites for hydroxylation is 2. The third-order valence-electron chi connectivity index (χ3n) is 2.95. The molecule has 2 aromatic rings. The maximum absolute atomic E-state index is 12.7. The lowest BCUT2D eigenvalue weighted by molar-refractivity contribution is -0.137. The number of nitrogens with zero attached hydrogens (tertiary/aromatic N) is 2. The van der Waals surface area contributed by atoms with Crippen LogP contribution >= 0.6 is 0 Å². The lowest BCUT2D eigenvalue weighted by Crippen LogP contribution is -2.05. The van der Waals surface area contributed by atoms with Gasteiger partial charge in [0.25, 0.3) is 0 Å². The van der Waals surface area contributed by atoms with E-state index < -0.39 is 11.7 Å². The average Bonchev–Trinajstić information content (AvgIpc) is 2.38. The Morgan fingerprint density at radius 3 is 2.47 bits per heavy atom. The molecule has 1 aromatic carbocycles. The van der Waals surface area contributed by atoms with Gasteiger partial charge in [-0.25, -0.2) is 0 Å². The van der Waals surface area contributed by atoms with Crippen molar-refractivity contribution in [2.24, 2.45) is 0 Å². The molecule has 0 aliphatic heterocycles. The molecule has 0 fully saturated rings. The Balaban J connectivity index is 2.47. The molecule has 2 rings (SSSR count). The summed E-state index contributed by atoms with van der Waals surface area (Å²) >= 11 is 0. The molecule has 0 unspecified atom stereocenters. The fraction of sp³-hybridized carbons (Fsp3) is 0.286. The zero-order valence-corrected chi connectivity index (χ0v) is 10.6. The normalized spacial score (nSPS) is 11.6. The monoisotopic (exact) mass is 266 g/mol. The van der Waals surface area contributed by atoms with E-state index in [1.807, 2.05) is 13.8 Å². The first-order valence-corrected chi connectivity index (χ1v) is 5.92. The van der Waals surface area contributed by atoms with E-state index >= 15 is 0 Å². The van der Waals surface area contributed by atoms with Crippen LogP contribution in [0.15, 0.2) is 30.3 Å². The maximum atomic E-state index is 12.7. The smallest absolute Gasteiger partial charge is 0.166 e. The van der Waals surface area contributed by atoms with E-state index in [0.717, 1.165) is 29.8 Å². The van der Waals surface area contributed by atoms with Gasteiger partial charge < -0.3 is 0 Å². The van der Waals surface area contributed by atoms with Crippen molar-refractivity contribution < 1.29 is 13.2 Å². The Morgan fingerprint density at radius 1 is 1.11 bits per heavy atom. The summed E-state index contributed by atoms with van der Waals surface area (Å²) in [7, 11) is 0. The zero-order chi connectivity index (χ0) is 14.0. The molecule has 0 aliphatic carbocycles. The topological polar surface area (TPSA) is 25.8 Å². The van der Waals surface area contributed by atoms with E-state index in [9.17, 15) is 13.2 Å². The van der Waals surface area contributed by atoms with E-state index in [0.29, 0.717) is 11.3 Å². The molecule has 0 saturated carbocycles. The molecule has 0 spiro atoms. The minimum absolute atomic E-state index is 0.428. The fourth-order valence-electron chi connectivity index (χ4n) is 1.85. The van der Waals surface area contributed by atoms with Gasteiger partial charge in [0.2, 0.25) is 0 Å². The standard InChI is InChI=1S/C14H13F3N2/c1-3-10-8-13(19-18-9(10)2)11-5-4-6-12(7-11)14(15,16)17/h4-8H,3H2,1-2H3. The van der Waals surface area contributed by atoms with Crippen LogP contribution < -0.4 is 0 Å². The number of hydrogen-bond donors (Lipinski definition) is 0. The van der Waals surface area contributed by atoms with E-state index in [-0.39, 0.29) is 0 Å². The van der Waals surface area contributed by atoms with Gasteiger partial charge >= 0.3 is 6.18 Å². The van der Waals surface area contributed by atoms with Gasteiger partial charge in [-0.05, 0) is 37.1 Å². The van der Waals surface area contributed by atoms with Crippen LogP contribution in [0.25, 0.3) is 11.3 Å². The van der Waals surface area contributed by atoms with E-state index in [1.165, 1.54) is 6.07 Å². The summed E-state index contributed by atoms with van der Waals surface area (Å²) in [6.07, 6.45) is -3.57. The molecule has 0 bridgehead atoms. The minimum atomic E-state index is -4.35. The molecule has 5 heteroatoms. The SMILES string of the molecule is CCc1cc(-c2cccc(C(F)(F)F)c2)nnc1C. The van der Waals surface area contributed by atoms with Gasteiger partial charge in [-0.15, -0.1) is 0 Å². The molecule has 100 valence electrons. The summed E-state index contributed by atoms with van der Waals surface area (Å²) < 4.78 is 38.0. The predicted octanol–water partition coefficient (Wildman–Crippen LogP) is 4.03. The van der Waals surface area contributed by atoms with Crippen molar-refractivity contribution >= 4 is 0 Å². The second-order valence-electron chi connectivity index (χ2n) is 4.27. The molecule has 0 N–H and O–H groups in total. The molecular formula is C14H13F3N2.